The van der Waals surface area contributed by atoms with E-state index in [2.05, 4.69) is 19.2 Å². The Labute approximate surface area is 146 Å². The van der Waals surface area contributed by atoms with Crippen LogP contribution >= 0.6 is 0 Å². The maximum absolute atomic E-state index is 11.4. The number of aliphatic hydroxyl groups excluding tert-OH is 1. The second-order valence-corrected chi connectivity index (χ2v) is 7.98. The van der Waals surface area contributed by atoms with Gasteiger partial charge >= 0.3 is 0 Å². The third-order valence-corrected chi connectivity index (χ3v) is 5.35. The summed E-state index contributed by atoms with van der Waals surface area (Å²) in [7, 11) is 0. The number of fused-ring (bicyclic) bond motifs is 4. The first-order valence-electron chi connectivity index (χ1n) is 9.62. The molecule has 3 fully saturated rings. The first-order valence-corrected chi connectivity index (χ1v) is 9.62. The highest BCUT2D eigenvalue weighted by molar-refractivity contribution is 5.75. The summed E-state index contributed by atoms with van der Waals surface area (Å²) in [4.78, 5) is 11.4. The van der Waals surface area contributed by atoms with Gasteiger partial charge in [0.05, 0.1) is 25.4 Å². The van der Waals surface area contributed by atoms with Crippen LogP contribution in [0.15, 0.2) is 0 Å². The normalized spacial score (nSPS) is 32.5. The first-order chi connectivity index (χ1) is 11.5. The molecule has 140 valence electrons. The predicted molar refractivity (Wildman–Crippen MR) is 93.7 cm³/mol. The van der Waals surface area contributed by atoms with Crippen molar-refractivity contribution in [2.75, 3.05) is 33.0 Å². The molecular weight excluding hydrogens is 306 g/mol. The first kappa shape index (κ1) is 19.7. The molecular formula is C19H35NO4. The number of carbonyl (C=O) groups is 1. The quantitative estimate of drug-likeness (QED) is 0.599. The van der Waals surface area contributed by atoms with Gasteiger partial charge in [-0.05, 0) is 56.3 Å². The van der Waals surface area contributed by atoms with Crippen molar-refractivity contribution in [1.82, 2.24) is 5.32 Å². The summed E-state index contributed by atoms with van der Waals surface area (Å²) in [6.07, 6.45) is 7.22. The van der Waals surface area contributed by atoms with Gasteiger partial charge in [-0.1, -0.05) is 13.8 Å². The second kappa shape index (κ2) is 9.73. The van der Waals surface area contributed by atoms with Gasteiger partial charge in [-0.2, -0.15) is 0 Å². The second-order valence-electron chi connectivity index (χ2n) is 7.98. The molecule has 1 amide bonds. The molecule has 5 heteroatoms. The fourth-order valence-electron chi connectivity index (χ4n) is 4.58. The van der Waals surface area contributed by atoms with Crippen LogP contribution in [0.25, 0.3) is 0 Å². The lowest BCUT2D eigenvalue weighted by atomic mass is 9.61. The number of rotatable bonds is 10. The van der Waals surface area contributed by atoms with Crippen molar-refractivity contribution in [1.29, 1.82) is 0 Å². The van der Waals surface area contributed by atoms with Gasteiger partial charge in [0.25, 0.3) is 0 Å². The summed E-state index contributed by atoms with van der Waals surface area (Å²) in [6.45, 7) is 7.07. The molecule has 3 aliphatic carbocycles. The molecule has 24 heavy (non-hydrogen) atoms. The summed E-state index contributed by atoms with van der Waals surface area (Å²) < 4.78 is 11.8. The molecule has 0 heterocycles. The predicted octanol–water partition coefficient (Wildman–Crippen LogP) is 2.51. The Balaban J connectivity index is 1.52. The number of nitrogens with one attached hydrogen (secondary N) is 1. The highest BCUT2D eigenvalue weighted by atomic mass is 16.5. The number of ether oxygens (including phenoxy) is 2. The summed E-state index contributed by atoms with van der Waals surface area (Å²) in [5.74, 6) is 2.44. The average molecular weight is 341 g/mol. The Kier molecular flexibility index (Phi) is 7.98. The Bertz CT molecular complexity index is 380. The smallest absolute Gasteiger partial charge is 0.220 e. The number of hydrogen-bond acceptors (Lipinski definition) is 4. The van der Waals surface area contributed by atoms with Crippen molar-refractivity contribution < 1.29 is 19.4 Å². The number of hydrogen-bond donors (Lipinski definition) is 2. The highest BCUT2D eigenvalue weighted by Gasteiger charge is 2.47. The minimum atomic E-state index is -0.0268. The van der Waals surface area contributed by atoms with E-state index in [4.69, 9.17) is 14.6 Å². The topological polar surface area (TPSA) is 67.8 Å². The summed E-state index contributed by atoms with van der Waals surface area (Å²) in [6, 6.07) is 0. The van der Waals surface area contributed by atoms with Gasteiger partial charge in [-0.25, -0.2) is 0 Å². The van der Waals surface area contributed by atoms with Gasteiger partial charge in [0.2, 0.25) is 5.91 Å². The summed E-state index contributed by atoms with van der Waals surface area (Å²) in [5, 5.41) is 11.4. The number of carbonyl (C=O) groups excluding carboxylic acids is 1. The van der Waals surface area contributed by atoms with Crippen molar-refractivity contribution in [3.05, 3.63) is 0 Å². The van der Waals surface area contributed by atoms with Crippen LogP contribution in [0.3, 0.4) is 0 Å². The number of aliphatic hydroxyl groups is 1. The summed E-state index contributed by atoms with van der Waals surface area (Å²) in [5.41, 5.74) is 0.117. The average Bonchev–Trinajstić information content (AvgIpc) is 2.48. The maximum Gasteiger partial charge on any atom is 0.220 e. The Morgan fingerprint density at radius 1 is 1.12 bits per heavy atom. The van der Waals surface area contributed by atoms with Crippen LogP contribution in [0.4, 0.5) is 0 Å². The number of amides is 1. The Morgan fingerprint density at radius 3 is 2.67 bits per heavy atom. The van der Waals surface area contributed by atoms with Crippen LogP contribution in [0.1, 0.15) is 58.8 Å². The molecule has 3 aliphatic rings. The lowest BCUT2D eigenvalue weighted by Gasteiger charge is -2.51. The minimum Gasteiger partial charge on any atom is -0.396 e. The molecule has 0 spiro atoms. The van der Waals surface area contributed by atoms with Crippen LogP contribution in [-0.2, 0) is 14.3 Å². The van der Waals surface area contributed by atoms with Gasteiger partial charge in [0.15, 0.2) is 0 Å². The molecule has 2 bridgehead atoms. The molecule has 2 atom stereocenters. The zero-order valence-electron chi connectivity index (χ0n) is 15.4. The fourth-order valence-corrected chi connectivity index (χ4v) is 4.58. The van der Waals surface area contributed by atoms with Crippen molar-refractivity contribution in [3.8, 4) is 0 Å². The Hall–Kier alpha value is -0.650. The van der Waals surface area contributed by atoms with Gasteiger partial charge in [0.1, 0.15) is 0 Å². The third kappa shape index (κ3) is 6.34. The molecule has 5 nitrogen and oxygen atoms in total. The van der Waals surface area contributed by atoms with Gasteiger partial charge < -0.3 is 19.9 Å². The molecule has 0 aromatic heterocycles. The molecule has 0 saturated heterocycles. The maximum atomic E-state index is 11.4. The van der Waals surface area contributed by atoms with E-state index < -0.39 is 0 Å². The van der Waals surface area contributed by atoms with Crippen LogP contribution in [0.2, 0.25) is 0 Å². The molecule has 0 radical (unpaired) electrons. The lowest BCUT2D eigenvalue weighted by Crippen LogP contribution is -2.50. The zero-order valence-corrected chi connectivity index (χ0v) is 15.4. The van der Waals surface area contributed by atoms with E-state index in [0.29, 0.717) is 39.2 Å². The molecule has 0 aromatic rings. The highest BCUT2D eigenvalue weighted by Crippen LogP contribution is 2.50. The van der Waals surface area contributed by atoms with E-state index in [1.54, 1.807) is 0 Å². The van der Waals surface area contributed by atoms with Crippen LogP contribution in [-0.4, -0.2) is 49.6 Å². The third-order valence-electron chi connectivity index (χ3n) is 5.35. The van der Waals surface area contributed by atoms with Gasteiger partial charge in [-0.15, -0.1) is 0 Å². The minimum absolute atomic E-state index is 0.0268. The van der Waals surface area contributed by atoms with Crippen LogP contribution in [0.5, 0.6) is 0 Å². The fraction of sp³-hybridized carbons (Fsp3) is 0.947. The van der Waals surface area contributed by atoms with Crippen molar-refractivity contribution in [3.63, 3.8) is 0 Å². The van der Waals surface area contributed by atoms with Gasteiger partial charge in [0, 0.05) is 19.6 Å². The molecule has 0 aromatic carbocycles. The standard InChI is InChI=1S/C19H35NO4/c1-15-10-16(2)12-19(13-17(11-15)14-19)24-9-8-23-7-5-20-18(22)4-3-6-21/h15-17,21H,3-14H2,1-2H3,(H,20,22). The van der Waals surface area contributed by atoms with E-state index in [1.165, 1.54) is 32.1 Å². The lowest BCUT2D eigenvalue weighted by molar-refractivity contribution is -0.160. The van der Waals surface area contributed by atoms with Crippen LogP contribution in [0, 0.1) is 17.8 Å². The Morgan fingerprint density at radius 2 is 1.92 bits per heavy atom. The van der Waals surface area contributed by atoms with Crippen molar-refractivity contribution in [2.45, 2.75) is 64.4 Å². The molecule has 3 saturated carbocycles. The van der Waals surface area contributed by atoms with E-state index in [0.717, 1.165) is 17.8 Å². The van der Waals surface area contributed by atoms with Gasteiger partial charge in [-0.3, -0.25) is 4.79 Å². The van der Waals surface area contributed by atoms with E-state index in [1.807, 2.05) is 0 Å². The molecule has 3 rings (SSSR count). The molecule has 0 aliphatic heterocycles. The molecule has 2 N–H and O–H groups in total. The van der Waals surface area contributed by atoms with E-state index >= 15 is 0 Å². The zero-order chi connectivity index (χ0) is 17.4. The molecule has 2 unspecified atom stereocenters. The SMILES string of the molecule is CC1CC(C)CC2(OCCOCCNC(=O)CCCO)CC(C1)C2. The van der Waals surface area contributed by atoms with Crippen molar-refractivity contribution in [2.24, 2.45) is 17.8 Å². The van der Waals surface area contributed by atoms with Crippen LogP contribution < -0.4 is 5.32 Å². The van der Waals surface area contributed by atoms with E-state index in [9.17, 15) is 4.79 Å². The summed E-state index contributed by atoms with van der Waals surface area (Å²) >= 11 is 0. The van der Waals surface area contributed by atoms with Crippen molar-refractivity contribution >= 4 is 5.91 Å². The largest absolute Gasteiger partial charge is 0.396 e. The van der Waals surface area contributed by atoms with E-state index in [-0.39, 0.29) is 18.1 Å². The monoisotopic (exact) mass is 341 g/mol.